The quantitative estimate of drug-likeness (QED) is 0.155. The number of carbonyl (C=O) groups excluding carboxylic acids is 1. The number of anilines is 2. The number of halogens is 1. The average Bonchev–Trinajstić information content (AvgIpc) is 2.74. The fourth-order valence-corrected chi connectivity index (χ4v) is 2.43. The predicted octanol–water partition coefficient (Wildman–Crippen LogP) is 3.33. The van der Waals surface area contributed by atoms with Crippen LogP contribution in [0.5, 0.6) is 5.75 Å². The molecular weight excluding hydrogens is 495 g/mol. The Balaban J connectivity index is 0.00000450. The molecule has 7 nitrogen and oxygen atoms in total. The standard InChI is InChI=1S/C22H26N4O3.HI/c1-4-17-8-5-9-18(14-17)25-21(27)16-24-22(23-2)26-19-10-6-11-20(15-19)29-13-7-12-28-3;/h1,5-6,8-11,14-15H,7,12-13,16H2,2-3H3,(H,25,27)(H2,23,24,26);1H. The third-order valence-electron chi connectivity index (χ3n) is 3.81. The number of hydrogen-bond acceptors (Lipinski definition) is 4. The maximum absolute atomic E-state index is 12.2. The van der Waals surface area contributed by atoms with Gasteiger partial charge in [0.15, 0.2) is 5.96 Å². The van der Waals surface area contributed by atoms with Crippen LogP contribution in [-0.4, -0.2) is 45.8 Å². The molecule has 0 atom stereocenters. The third-order valence-corrected chi connectivity index (χ3v) is 3.81. The number of guanidine groups is 1. The van der Waals surface area contributed by atoms with Crippen molar-refractivity contribution < 1.29 is 14.3 Å². The SMILES string of the molecule is C#Cc1cccc(NC(=O)CNC(=NC)Nc2cccc(OCCCOC)c2)c1.I. The summed E-state index contributed by atoms with van der Waals surface area (Å²) in [4.78, 5) is 16.3. The molecule has 8 heteroatoms. The van der Waals surface area contributed by atoms with Crippen LogP contribution in [0.2, 0.25) is 0 Å². The molecule has 0 aliphatic carbocycles. The van der Waals surface area contributed by atoms with Crippen LogP contribution in [0.25, 0.3) is 0 Å². The van der Waals surface area contributed by atoms with E-state index < -0.39 is 0 Å². The molecule has 0 unspecified atom stereocenters. The smallest absolute Gasteiger partial charge is 0.243 e. The molecular formula is C22H27IN4O3. The van der Waals surface area contributed by atoms with E-state index in [2.05, 4.69) is 26.9 Å². The first-order chi connectivity index (χ1) is 14.1. The first kappa shape index (κ1) is 25.3. The fourth-order valence-electron chi connectivity index (χ4n) is 2.43. The summed E-state index contributed by atoms with van der Waals surface area (Å²) in [6.45, 7) is 1.28. The van der Waals surface area contributed by atoms with E-state index >= 15 is 0 Å². The van der Waals surface area contributed by atoms with E-state index in [4.69, 9.17) is 15.9 Å². The van der Waals surface area contributed by atoms with E-state index in [1.165, 1.54) is 0 Å². The largest absolute Gasteiger partial charge is 0.493 e. The Kier molecular flexibility index (Phi) is 12.0. The average molecular weight is 522 g/mol. The molecule has 0 heterocycles. The Morgan fingerprint density at radius 1 is 1.10 bits per heavy atom. The van der Waals surface area contributed by atoms with Gasteiger partial charge < -0.3 is 25.4 Å². The van der Waals surface area contributed by atoms with Gasteiger partial charge in [-0.15, -0.1) is 30.4 Å². The molecule has 0 aromatic heterocycles. The summed E-state index contributed by atoms with van der Waals surface area (Å²) < 4.78 is 10.7. The van der Waals surface area contributed by atoms with Crippen LogP contribution in [0.15, 0.2) is 53.5 Å². The van der Waals surface area contributed by atoms with Crippen LogP contribution in [0.1, 0.15) is 12.0 Å². The van der Waals surface area contributed by atoms with E-state index in [9.17, 15) is 4.79 Å². The maximum Gasteiger partial charge on any atom is 0.243 e. The number of nitrogens with one attached hydrogen (secondary N) is 3. The molecule has 0 saturated carbocycles. The van der Waals surface area contributed by atoms with Crippen LogP contribution in [0.3, 0.4) is 0 Å². The van der Waals surface area contributed by atoms with Crippen molar-refractivity contribution in [3.05, 3.63) is 54.1 Å². The van der Waals surface area contributed by atoms with Gasteiger partial charge in [-0.1, -0.05) is 18.1 Å². The lowest BCUT2D eigenvalue weighted by atomic mass is 10.2. The lowest BCUT2D eigenvalue weighted by molar-refractivity contribution is -0.115. The van der Waals surface area contributed by atoms with Crippen molar-refractivity contribution in [2.75, 3.05) is 44.5 Å². The molecule has 0 radical (unpaired) electrons. The number of hydrogen-bond donors (Lipinski definition) is 3. The molecule has 3 N–H and O–H groups in total. The summed E-state index contributed by atoms with van der Waals surface area (Å²) in [5.41, 5.74) is 2.15. The number of carbonyl (C=O) groups is 1. The summed E-state index contributed by atoms with van der Waals surface area (Å²) in [5.74, 6) is 3.54. The Hall–Kier alpha value is -2.77. The molecule has 0 spiro atoms. The van der Waals surface area contributed by atoms with Crippen molar-refractivity contribution in [3.8, 4) is 18.1 Å². The van der Waals surface area contributed by atoms with Crippen molar-refractivity contribution in [2.24, 2.45) is 4.99 Å². The van der Waals surface area contributed by atoms with Crippen LogP contribution in [0.4, 0.5) is 11.4 Å². The summed E-state index contributed by atoms with van der Waals surface area (Å²) in [7, 11) is 3.30. The highest BCUT2D eigenvalue weighted by Crippen LogP contribution is 2.17. The van der Waals surface area contributed by atoms with Gasteiger partial charge in [0.05, 0.1) is 13.2 Å². The van der Waals surface area contributed by atoms with Gasteiger partial charge in [0.2, 0.25) is 5.91 Å². The lowest BCUT2D eigenvalue weighted by Gasteiger charge is -2.13. The molecule has 2 aromatic carbocycles. The number of rotatable bonds is 9. The molecule has 0 aliphatic rings. The second-order valence-electron chi connectivity index (χ2n) is 6.05. The van der Waals surface area contributed by atoms with Crippen molar-refractivity contribution in [3.63, 3.8) is 0 Å². The van der Waals surface area contributed by atoms with Gasteiger partial charge in [-0.3, -0.25) is 9.79 Å². The second-order valence-corrected chi connectivity index (χ2v) is 6.05. The molecule has 0 fully saturated rings. The molecule has 30 heavy (non-hydrogen) atoms. The highest BCUT2D eigenvalue weighted by Gasteiger charge is 2.06. The van der Waals surface area contributed by atoms with E-state index in [-0.39, 0.29) is 36.4 Å². The van der Waals surface area contributed by atoms with Crippen LogP contribution in [0, 0.1) is 12.3 Å². The molecule has 2 rings (SSSR count). The number of ether oxygens (including phenoxy) is 2. The monoisotopic (exact) mass is 522 g/mol. The Morgan fingerprint density at radius 2 is 1.83 bits per heavy atom. The zero-order chi connectivity index (χ0) is 20.9. The van der Waals surface area contributed by atoms with Gasteiger partial charge >= 0.3 is 0 Å². The first-order valence-corrected chi connectivity index (χ1v) is 9.20. The van der Waals surface area contributed by atoms with Gasteiger partial charge in [-0.05, 0) is 30.3 Å². The molecule has 2 aromatic rings. The summed E-state index contributed by atoms with van der Waals surface area (Å²) in [5, 5.41) is 8.90. The number of benzene rings is 2. The Labute approximate surface area is 194 Å². The molecule has 0 bridgehead atoms. The van der Waals surface area contributed by atoms with E-state index in [0.29, 0.717) is 30.4 Å². The number of amides is 1. The summed E-state index contributed by atoms with van der Waals surface area (Å²) >= 11 is 0. The number of nitrogens with zero attached hydrogens (tertiary/aromatic N) is 1. The minimum Gasteiger partial charge on any atom is -0.493 e. The summed E-state index contributed by atoms with van der Waals surface area (Å²) in [6, 6.07) is 14.6. The zero-order valence-corrected chi connectivity index (χ0v) is 19.4. The number of methoxy groups -OCH3 is 1. The van der Waals surface area contributed by atoms with Gasteiger partial charge in [0.1, 0.15) is 5.75 Å². The zero-order valence-electron chi connectivity index (χ0n) is 17.1. The maximum atomic E-state index is 12.2. The van der Waals surface area contributed by atoms with Crippen molar-refractivity contribution in [1.82, 2.24) is 5.32 Å². The topological polar surface area (TPSA) is 84.0 Å². The van der Waals surface area contributed by atoms with Gasteiger partial charge in [0.25, 0.3) is 0 Å². The van der Waals surface area contributed by atoms with E-state index in [1.54, 1.807) is 38.4 Å². The Bertz CT molecular complexity index is 881. The van der Waals surface area contributed by atoms with Crippen LogP contribution >= 0.6 is 24.0 Å². The number of terminal acetylenes is 1. The normalized spacial score (nSPS) is 10.4. The minimum absolute atomic E-state index is 0. The molecule has 160 valence electrons. The molecule has 0 aliphatic heterocycles. The third kappa shape index (κ3) is 9.15. The Morgan fingerprint density at radius 3 is 2.53 bits per heavy atom. The first-order valence-electron chi connectivity index (χ1n) is 9.20. The van der Waals surface area contributed by atoms with Crippen molar-refractivity contribution >= 4 is 47.2 Å². The van der Waals surface area contributed by atoms with Gasteiger partial charge in [0, 0.05) is 50.2 Å². The van der Waals surface area contributed by atoms with Crippen LogP contribution in [-0.2, 0) is 9.53 Å². The predicted molar refractivity (Wildman–Crippen MR) is 132 cm³/mol. The van der Waals surface area contributed by atoms with Crippen LogP contribution < -0.4 is 20.7 Å². The minimum atomic E-state index is -0.211. The van der Waals surface area contributed by atoms with Gasteiger partial charge in [-0.25, -0.2) is 0 Å². The lowest BCUT2D eigenvalue weighted by Crippen LogP contribution is -2.37. The van der Waals surface area contributed by atoms with E-state index in [0.717, 1.165) is 17.9 Å². The number of aliphatic imine (C=N–C) groups is 1. The molecule has 1 amide bonds. The fraction of sp³-hybridized carbons (Fsp3) is 0.273. The van der Waals surface area contributed by atoms with Crippen molar-refractivity contribution in [1.29, 1.82) is 0 Å². The van der Waals surface area contributed by atoms with E-state index in [1.807, 2.05) is 24.3 Å². The van der Waals surface area contributed by atoms with Crippen molar-refractivity contribution in [2.45, 2.75) is 6.42 Å². The highest BCUT2D eigenvalue weighted by atomic mass is 127. The highest BCUT2D eigenvalue weighted by molar-refractivity contribution is 14.0. The second kappa shape index (κ2) is 14.3. The molecule has 0 saturated heterocycles. The van der Waals surface area contributed by atoms with Gasteiger partial charge in [-0.2, -0.15) is 0 Å². The summed E-state index contributed by atoms with van der Waals surface area (Å²) in [6.07, 6.45) is 6.19.